The number of amides is 1. The summed E-state index contributed by atoms with van der Waals surface area (Å²) in [6, 6.07) is 16.5. The predicted octanol–water partition coefficient (Wildman–Crippen LogP) is 3.59. The number of ether oxygens (including phenoxy) is 1. The van der Waals surface area contributed by atoms with E-state index in [4.69, 9.17) is 4.74 Å². The van der Waals surface area contributed by atoms with E-state index in [2.05, 4.69) is 20.6 Å². The van der Waals surface area contributed by atoms with Crippen molar-refractivity contribution in [2.75, 3.05) is 30.9 Å². The molecule has 3 rings (SSSR count). The highest BCUT2D eigenvalue weighted by atomic mass is 19.1. The maximum Gasteiger partial charge on any atom is 0.274 e. The van der Waals surface area contributed by atoms with Crippen molar-refractivity contribution in [3.8, 4) is 11.4 Å². The molecule has 7 heteroatoms. The number of methoxy groups -OCH3 is 1. The van der Waals surface area contributed by atoms with E-state index in [1.54, 1.807) is 13.2 Å². The van der Waals surface area contributed by atoms with E-state index in [1.807, 2.05) is 30.3 Å². The van der Waals surface area contributed by atoms with Crippen LogP contribution < -0.4 is 10.6 Å². The standard InChI is InChI=1S/C20H19FN4O2/c1-27-12-11-22-18-13-17(20(26)23-16-9-7-15(21)8-10-16)24-19(25-18)14-5-3-2-4-6-14/h2-10,13H,11-12H2,1H3,(H,23,26)(H,22,24,25). The summed E-state index contributed by atoms with van der Waals surface area (Å²) in [4.78, 5) is 21.5. The minimum atomic E-state index is -0.406. The van der Waals surface area contributed by atoms with Crippen LogP contribution in [-0.2, 0) is 4.74 Å². The average Bonchev–Trinajstić information content (AvgIpc) is 2.70. The summed E-state index contributed by atoms with van der Waals surface area (Å²) in [5, 5.41) is 5.83. The lowest BCUT2D eigenvalue weighted by Crippen LogP contribution is -2.16. The number of nitrogens with one attached hydrogen (secondary N) is 2. The normalized spacial score (nSPS) is 10.4. The maximum absolute atomic E-state index is 13.0. The van der Waals surface area contributed by atoms with E-state index in [-0.39, 0.29) is 11.5 Å². The topological polar surface area (TPSA) is 76.1 Å². The molecular formula is C20H19FN4O2. The zero-order valence-corrected chi connectivity index (χ0v) is 14.8. The van der Waals surface area contributed by atoms with Gasteiger partial charge in [0.1, 0.15) is 17.3 Å². The molecule has 1 heterocycles. The third-order valence-corrected chi connectivity index (χ3v) is 3.71. The van der Waals surface area contributed by atoms with E-state index < -0.39 is 5.91 Å². The van der Waals surface area contributed by atoms with Gasteiger partial charge < -0.3 is 15.4 Å². The Balaban J connectivity index is 1.88. The Kier molecular flexibility index (Phi) is 6.06. The molecule has 0 aliphatic rings. The van der Waals surface area contributed by atoms with Crippen LogP contribution in [0.2, 0.25) is 0 Å². The van der Waals surface area contributed by atoms with Crippen LogP contribution in [0.25, 0.3) is 11.4 Å². The van der Waals surface area contributed by atoms with Gasteiger partial charge in [0.25, 0.3) is 5.91 Å². The fourth-order valence-corrected chi connectivity index (χ4v) is 2.38. The highest BCUT2D eigenvalue weighted by molar-refractivity contribution is 6.03. The minimum Gasteiger partial charge on any atom is -0.383 e. The molecule has 0 radical (unpaired) electrons. The molecule has 0 unspecified atom stereocenters. The number of carbonyl (C=O) groups excluding carboxylic acids is 1. The molecule has 0 bridgehead atoms. The molecule has 0 aliphatic carbocycles. The van der Waals surface area contributed by atoms with Crippen molar-refractivity contribution in [1.82, 2.24) is 9.97 Å². The number of aromatic nitrogens is 2. The molecule has 3 aromatic rings. The van der Waals surface area contributed by atoms with Crippen LogP contribution in [0.1, 0.15) is 10.5 Å². The molecule has 6 nitrogen and oxygen atoms in total. The Bertz CT molecular complexity index is 902. The van der Waals surface area contributed by atoms with Gasteiger partial charge in [-0.05, 0) is 24.3 Å². The van der Waals surface area contributed by atoms with Crippen LogP contribution in [0.4, 0.5) is 15.9 Å². The molecular weight excluding hydrogens is 347 g/mol. The molecule has 0 fully saturated rings. The van der Waals surface area contributed by atoms with Gasteiger partial charge >= 0.3 is 0 Å². The van der Waals surface area contributed by atoms with E-state index >= 15 is 0 Å². The van der Waals surface area contributed by atoms with Crippen molar-refractivity contribution in [2.45, 2.75) is 0 Å². The van der Waals surface area contributed by atoms with Crippen molar-refractivity contribution in [3.05, 3.63) is 72.2 Å². The molecule has 0 spiro atoms. The second-order valence-corrected chi connectivity index (χ2v) is 5.71. The molecule has 0 saturated heterocycles. The molecule has 0 saturated carbocycles. The molecule has 2 N–H and O–H groups in total. The van der Waals surface area contributed by atoms with E-state index in [9.17, 15) is 9.18 Å². The second kappa shape index (κ2) is 8.86. The maximum atomic E-state index is 13.0. The molecule has 1 amide bonds. The number of rotatable bonds is 7. The smallest absolute Gasteiger partial charge is 0.274 e. The summed E-state index contributed by atoms with van der Waals surface area (Å²) in [6.07, 6.45) is 0. The fourth-order valence-electron chi connectivity index (χ4n) is 2.38. The van der Waals surface area contributed by atoms with Crippen LogP contribution >= 0.6 is 0 Å². The summed E-state index contributed by atoms with van der Waals surface area (Å²) in [7, 11) is 1.61. The van der Waals surface area contributed by atoms with Gasteiger partial charge in [-0.3, -0.25) is 4.79 Å². The number of benzene rings is 2. The Morgan fingerprint density at radius 3 is 2.52 bits per heavy atom. The lowest BCUT2D eigenvalue weighted by Gasteiger charge is -2.10. The Hall–Kier alpha value is -3.32. The number of carbonyl (C=O) groups is 1. The zero-order chi connectivity index (χ0) is 19.1. The first kappa shape index (κ1) is 18.5. The van der Waals surface area contributed by atoms with Gasteiger partial charge in [-0.15, -0.1) is 0 Å². The molecule has 0 atom stereocenters. The second-order valence-electron chi connectivity index (χ2n) is 5.71. The first-order chi connectivity index (χ1) is 13.2. The molecule has 27 heavy (non-hydrogen) atoms. The molecule has 138 valence electrons. The van der Waals surface area contributed by atoms with Crippen LogP contribution in [-0.4, -0.2) is 36.1 Å². The minimum absolute atomic E-state index is 0.202. The van der Waals surface area contributed by atoms with E-state index in [0.717, 1.165) is 5.56 Å². The van der Waals surface area contributed by atoms with Crippen LogP contribution in [0.5, 0.6) is 0 Å². The quantitative estimate of drug-likeness (QED) is 0.625. The molecule has 1 aromatic heterocycles. The highest BCUT2D eigenvalue weighted by Gasteiger charge is 2.13. The third kappa shape index (κ3) is 5.08. The zero-order valence-electron chi connectivity index (χ0n) is 14.8. The summed E-state index contributed by atoms with van der Waals surface area (Å²) in [6.45, 7) is 1.04. The monoisotopic (exact) mass is 366 g/mol. The van der Waals surface area contributed by atoms with E-state index in [1.165, 1.54) is 24.3 Å². The summed E-state index contributed by atoms with van der Waals surface area (Å²) in [5.41, 5.74) is 1.48. The van der Waals surface area contributed by atoms with Crippen molar-refractivity contribution >= 4 is 17.4 Å². The number of halogens is 1. The lowest BCUT2D eigenvalue weighted by molar-refractivity contribution is 0.102. The van der Waals surface area contributed by atoms with Crippen LogP contribution in [0, 0.1) is 5.82 Å². The van der Waals surface area contributed by atoms with Gasteiger partial charge in [-0.25, -0.2) is 14.4 Å². The van der Waals surface area contributed by atoms with Crippen LogP contribution in [0.15, 0.2) is 60.7 Å². The summed E-state index contributed by atoms with van der Waals surface area (Å²) >= 11 is 0. The van der Waals surface area contributed by atoms with Gasteiger partial charge in [-0.2, -0.15) is 0 Å². The summed E-state index contributed by atoms with van der Waals surface area (Å²) < 4.78 is 18.1. The van der Waals surface area contributed by atoms with Gasteiger partial charge in [0.15, 0.2) is 5.82 Å². The number of hydrogen-bond donors (Lipinski definition) is 2. The van der Waals surface area contributed by atoms with Gasteiger partial charge in [0.05, 0.1) is 6.61 Å². The first-order valence-electron chi connectivity index (χ1n) is 8.40. The summed E-state index contributed by atoms with van der Waals surface area (Å²) in [5.74, 6) is 0.175. The third-order valence-electron chi connectivity index (χ3n) is 3.71. The van der Waals surface area contributed by atoms with Gasteiger partial charge in [0, 0.05) is 31.0 Å². The number of nitrogens with zero attached hydrogens (tertiary/aromatic N) is 2. The molecule has 2 aromatic carbocycles. The SMILES string of the molecule is COCCNc1cc(C(=O)Nc2ccc(F)cc2)nc(-c2ccccc2)n1. The van der Waals surface area contributed by atoms with Crippen molar-refractivity contribution in [2.24, 2.45) is 0 Å². The predicted molar refractivity (Wildman–Crippen MR) is 102 cm³/mol. The average molecular weight is 366 g/mol. The van der Waals surface area contributed by atoms with Gasteiger partial charge in [-0.1, -0.05) is 30.3 Å². The first-order valence-corrected chi connectivity index (χ1v) is 8.40. The van der Waals surface area contributed by atoms with E-state index in [0.29, 0.717) is 30.5 Å². The number of anilines is 2. The number of hydrogen-bond acceptors (Lipinski definition) is 5. The highest BCUT2D eigenvalue weighted by Crippen LogP contribution is 2.19. The van der Waals surface area contributed by atoms with Gasteiger partial charge in [0.2, 0.25) is 0 Å². The largest absolute Gasteiger partial charge is 0.383 e. The Morgan fingerprint density at radius 1 is 1.07 bits per heavy atom. The Morgan fingerprint density at radius 2 is 1.81 bits per heavy atom. The van der Waals surface area contributed by atoms with Crippen molar-refractivity contribution < 1.29 is 13.9 Å². The fraction of sp³-hybridized carbons (Fsp3) is 0.150. The lowest BCUT2D eigenvalue weighted by atomic mass is 10.2. The van der Waals surface area contributed by atoms with Crippen molar-refractivity contribution in [1.29, 1.82) is 0 Å². The van der Waals surface area contributed by atoms with Crippen molar-refractivity contribution in [3.63, 3.8) is 0 Å². The van der Waals surface area contributed by atoms with Crippen LogP contribution in [0.3, 0.4) is 0 Å². The Labute approximate surface area is 156 Å². The molecule has 0 aliphatic heterocycles.